The first-order chi connectivity index (χ1) is 13.2. The molecular weight excluding hydrogens is 360 g/mol. The lowest BCUT2D eigenvalue weighted by Crippen LogP contribution is -2.31. The van der Waals surface area contributed by atoms with Crippen LogP contribution in [0.15, 0.2) is 65.8 Å². The fourth-order valence-electron chi connectivity index (χ4n) is 2.78. The van der Waals surface area contributed by atoms with Gasteiger partial charge >= 0.3 is 0 Å². The molecule has 1 fully saturated rings. The minimum absolute atomic E-state index is 0.0739. The zero-order valence-corrected chi connectivity index (χ0v) is 15.3. The Labute approximate surface area is 161 Å². The third-order valence-corrected chi connectivity index (χ3v) is 5.47. The highest BCUT2D eigenvalue weighted by Gasteiger charge is 2.19. The molecule has 0 bridgehead atoms. The summed E-state index contributed by atoms with van der Waals surface area (Å²) in [4.78, 5) is 12.3. The number of nitrogens with zero attached hydrogens (tertiary/aromatic N) is 1. The molecule has 5 nitrogen and oxygen atoms in total. The summed E-state index contributed by atoms with van der Waals surface area (Å²) in [5.74, 6) is 2.29. The van der Waals surface area contributed by atoms with Crippen LogP contribution in [-0.4, -0.2) is 34.8 Å². The third-order valence-electron chi connectivity index (χ3n) is 4.26. The van der Waals surface area contributed by atoms with Crippen LogP contribution in [0.2, 0.25) is 0 Å². The van der Waals surface area contributed by atoms with Crippen LogP contribution in [-0.2, 0) is 0 Å². The van der Waals surface area contributed by atoms with Crippen molar-refractivity contribution in [3.8, 4) is 11.5 Å². The predicted molar refractivity (Wildman–Crippen MR) is 109 cm³/mol. The molecular formula is C21H18N2O3S. The first-order valence-corrected chi connectivity index (χ1v) is 9.74. The van der Waals surface area contributed by atoms with Gasteiger partial charge in [0.15, 0.2) is 0 Å². The number of nitrogens with one attached hydrogen (secondary N) is 1. The SMILES string of the molecule is O=C(N/N=C\c1cccc(OC2CSC2)c1)c1cc2ccccc2cc1O. The molecule has 1 amide bonds. The molecule has 1 aliphatic heterocycles. The Hall–Kier alpha value is -2.99. The Kier molecular flexibility index (Phi) is 4.98. The fourth-order valence-corrected chi connectivity index (χ4v) is 3.34. The van der Waals surface area contributed by atoms with Gasteiger partial charge in [-0.3, -0.25) is 4.79 Å². The molecule has 0 atom stereocenters. The van der Waals surface area contributed by atoms with Gasteiger partial charge < -0.3 is 9.84 Å². The summed E-state index contributed by atoms with van der Waals surface area (Å²) in [7, 11) is 0. The molecule has 1 aliphatic rings. The van der Waals surface area contributed by atoms with Crippen LogP contribution in [0.3, 0.4) is 0 Å². The van der Waals surface area contributed by atoms with E-state index in [-0.39, 0.29) is 17.4 Å². The van der Waals surface area contributed by atoms with Crippen molar-refractivity contribution in [1.82, 2.24) is 5.43 Å². The summed E-state index contributed by atoms with van der Waals surface area (Å²) in [6.07, 6.45) is 1.83. The number of hydrogen-bond acceptors (Lipinski definition) is 5. The van der Waals surface area contributed by atoms with E-state index in [1.54, 1.807) is 18.3 Å². The highest BCUT2D eigenvalue weighted by Crippen LogP contribution is 2.25. The van der Waals surface area contributed by atoms with Crippen molar-refractivity contribution in [3.05, 3.63) is 71.8 Å². The third kappa shape index (κ3) is 4.06. The number of hydrazone groups is 1. The molecule has 0 aromatic heterocycles. The number of phenols is 1. The van der Waals surface area contributed by atoms with Gasteiger partial charge in [-0.1, -0.05) is 36.4 Å². The Bertz CT molecular complexity index is 1020. The molecule has 0 spiro atoms. The quantitative estimate of drug-likeness (QED) is 0.523. The largest absolute Gasteiger partial charge is 0.507 e. The zero-order chi connectivity index (χ0) is 18.6. The smallest absolute Gasteiger partial charge is 0.275 e. The number of carbonyl (C=O) groups excluding carboxylic acids is 1. The lowest BCUT2D eigenvalue weighted by molar-refractivity contribution is 0.0952. The summed E-state index contributed by atoms with van der Waals surface area (Å²) >= 11 is 1.87. The van der Waals surface area contributed by atoms with Crippen LogP contribution in [0.4, 0.5) is 0 Å². The normalized spacial score (nSPS) is 14.2. The summed E-state index contributed by atoms with van der Waals surface area (Å²) in [5.41, 5.74) is 3.47. The van der Waals surface area contributed by atoms with Gasteiger partial charge in [0.2, 0.25) is 0 Å². The summed E-state index contributed by atoms with van der Waals surface area (Å²) in [5, 5.41) is 15.9. The van der Waals surface area contributed by atoms with Crippen LogP contribution in [0.25, 0.3) is 10.8 Å². The lowest BCUT2D eigenvalue weighted by Gasteiger charge is -2.25. The molecule has 136 valence electrons. The van der Waals surface area contributed by atoms with E-state index in [0.29, 0.717) is 0 Å². The maximum Gasteiger partial charge on any atom is 0.275 e. The van der Waals surface area contributed by atoms with E-state index < -0.39 is 5.91 Å². The maximum absolute atomic E-state index is 12.3. The standard InChI is InChI=1S/C21H18N2O3S/c24-20-10-16-6-2-1-5-15(16)9-19(20)21(25)23-22-11-14-4-3-7-17(8-14)26-18-12-27-13-18/h1-11,18,24H,12-13H2,(H,23,25)/b22-11-. The molecule has 0 unspecified atom stereocenters. The van der Waals surface area contributed by atoms with E-state index in [4.69, 9.17) is 4.74 Å². The second-order valence-electron chi connectivity index (χ2n) is 6.27. The van der Waals surface area contributed by atoms with Gasteiger partial charge in [0, 0.05) is 11.5 Å². The number of benzene rings is 3. The summed E-state index contributed by atoms with van der Waals surface area (Å²) < 4.78 is 5.84. The van der Waals surface area contributed by atoms with E-state index in [9.17, 15) is 9.90 Å². The van der Waals surface area contributed by atoms with Crippen LogP contribution in [0, 0.1) is 0 Å². The van der Waals surface area contributed by atoms with E-state index in [1.807, 2.05) is 60.3 Å². The number of hydrogen-bond donors (Lipinski definition) is 2. The van der Waals surface area contributed by atoms with Crippen LogP contribution >= 0.6 is 11.8 Å². The highest BCUT2D eigenvalue weighted by atomic mass is 32.2. The van der Waals surface area contributed by atoms with E-state index in [1.165, 1.54) is 0 Å². The molecule has 2 N–H and O–H groups in total. The van der Waals surface area contributed by atoms with E-state index >= 15 is 0 Å². The van der Waals surface area contributed by atoms with Crippen molar-refractivity contribution >= 4 is 34.7 Å². The molecule has 0 radical (unpaired) electrons. The van der Waals surface area contributed by atoms with Gasteiger partial charge in [-0.15, -0.1) is 0 Å². The zero-order valence-electron chi connectivity index (χ0n) is 14.5. The Morgan fingerprint density at radius 1 is 1.11 bits per heavy atom. The Morgan fingerprint density at radius 2 is 1.89 bits per heavy atom. The van der Waals surface area contributed by atoms with Crippen LogP contribution in [0.5, 0.6) is 11.5 Å². The number of amides is 1. The van der Waals surface area contributed by atoms with Gasteiger partial charge in [-0.25, -0.2) is 5.43 Å². The van der Waals surface area contributed by atoms with Gasteiger partial charge in [0.05, 0.1) is 11.8 Å². The Morgan fingerprint density at radius 3 is 2.63 bits per heavy atom. The molecule has 0 aliphatic carbocycles. The molecule has 0 saturated carbocycles. The monoisotopic (exact) mass is 378 g/mol. The molecule has 3 aromatic rings. The van der Waals surface area contributed by atoms with Crippen molar-refractivity contribution in [2.45, 2.75) is 6.10 Å². The average molecular weight is 378 g/mol. The molecule has 3 aromatic carbocycles. The minimum Gasteiger partial charge on any atom is -0.507 e. The van der Waals surface area contributed by atoms with Gasteiger partial charge in [0.1, 0.15) is 17.6 Å². The highest BCUT2D eigenvalue weighted by molar-refractivity contribution is 8.00. The number of ether oxygens (including phenoxy) is 1. The second kappa shape index (κ2) is 7.72. The number of rotatable bonds is 5. The molecule has 4 rings (SSSR count). The fraction of sp³-hybridized carbons (Fsp3) is 0.143. The second-order valence-corrected chi connectivity index (χ2v) is 7.34. The van der Waals surface area contributed by atoms with Crippen molar-refractivity contribution in [2.24, 2.45) is 5.10 Å². The van der Waals surface area contributed by atoms with Gasteiger partial charge in [-0.2, -0.15) is 16.9 Å². The summed E-state index contributed by atoms with van der Waals surface area (Å²) in [6.45, 7) is 0. The number of aromatic hydroxyl groups is 1. The van der Waals surface area contributed by atoms with Gasteiger partial charge in [-0.05, 0) is 40.6 Å². The van der Waals surface area contributed by atoms with Crippen molar-refractivity contribution in [1.29, 1.82) is 0 Å². The van der Waals surface area contributed by atoms with Gasteiger partial charge in [0.25, 0.3) is 5.91 Å². The van der Waals surface area contributed by atoms with Crippen molar-refractivity contribution < 1.29 is 14.6 Å². The van der Waals surface area contributed by atoms with Crippen LogP contribution < -0.4 is 10.2 Å². The molecule has 6 heteroatoms. The minimum atomic E-state index is -0.464. The first kappa shape index (κ1) is 17.4. The first-order valence-electron chi connectivity index (χ1n) is 8.59. The number of carbonyl (C=O) groups is 1. The van der Waals surface area contributed by atoms with Crippen LogP contribution in [0.1, 0.15) is 15.9 Å². The number of fused-ring (bicyclic) bond motifs is 1. The molecule has 27 heavy (non-hydrogen) atoms. The topological polar surface area (TPSA) is 70.9 Å². The van der Waals surface area contributed by atoms with Crippen molar-refractivity contribution in [2.75, 3.05) is 11.5 Å². The number of thioether (sulfide) groups is 1. The maximum atomic E-state index is 12.3. The predicted octanol–water partition coefficient (Wildman–Crippen LogP) is 3.80. The van der Waals surface area contributed by atoms with E-state index in [2.05, 4.69) is 10.5 Å². The van der Waals surface area contributed by atoms with E-state index in [0.717, 1.165) is 33.6 Å². The number of phenolic OH excluding ortho intramolecular Hbond substituents is 1. The van der Waals surface area contributed by atoms with Crippen molar-refractivity contribution in [3.63, 3.8) is 0 Å². The molecule has 1 heterocycles. The Balaban J connectivity index is 1.44. The average Bonchev–Trinajstić information content (AvgIpc) is 2.64. The molecule has 1 saturated heterocycles. The summed E-state index contributed by atoms with van der Waals surface area (Å²) in [6, 6.07) is 18.3. The lowest BCUT2D eigenvalue weighted by atomic mass is 10.1.